The molecule has 0 amide bonds. The van der Waals surface area contributed by atoms with Crippen molar-refractivity contribution < 1.29 is 9.31 Å². The van der Waals surface area contributed by atoms with E-state index in [2.05, 4.69) is 10.3 Å². The van der Waals surface area contributed by atoms with E-state index >= 15 is 0 Å². The fraction of sp³-hybridized carbons (Fsp3) is 0.0588. The summed E-state index contributed by atoms with van der Waals surface area (Å²) < 4.78 is 13.3. The van der Waals surface area contributed by atoms with Crippen LogP contribution < -0.4 is 5.32 Å². The van der Waals surface area contributed by atoms with Crippen molar-refractivity contribution in [2.75, 3.05) is 5.32 Å². The van der Waals surface area contributed by atoms with Crippen LogP contribution in [0.15, 0.2) is 36.5 Å². The highest BCUT2D eigenvalue weighted by molar-refractivity contribution is 6.31. The van der Waals surface area contributed by atoms with Crippen molar-refractivity contribution in [2.45, 2.75) is 6.92 Å². The van der Waals surface area contributed by atoms with E-state index in [1.807, 2.05) is 6.07 Å². The highest BCUT2D eigenvalue weighted by atomic mass is 35.5. The van der Waals surface area contributed by atoms with Gasteiger partial charge in [-0.1, -0.05) is 11.6 Å². The van der Waals surface area contributed by atoms with Crippen LogP contribution in [0.25, 0.3) is 10.9 Å². The second-order valence-electron chi connectivity index (χ2n) is 5.27. The van der Waals surface area contributed by atoms with Crippen molar-refractivity contribution in [1.82, 2.24) is 4.98 Å². The number of aromatic nitrogens is 1. The van der Waals surface area contributed by atoms with Gasteiger partial charge in [0.25, 0.3) is 5.69 Å². The van der Waals surface area contributed by atoms with Crippen molar-refractivity contribution in [3.63, 3.8) is 0 Å². The number of benzene rings is 2. The Balaban J connectivity index is 2.27. The Bertz CT molecular complexity index is 1060. The molecule has 0 unspecified atom stereocenters. The summed E-state index contributed by atoms with van der Waals surface area (Å²) in [4.78, 5) is 14.9. The van der Waals surface area contributed by atoms with Crippen LogP contribution in [0.3, 0.4) is 0 Å². The molecule has 0 aliphatic carbocycles. The van der Waals surface area contributed by atoms with Crippen molar-refractivity contribution in [1.29, 1.82) is 5.26 Å². The number of aryl methyl sites for hydroxylation is 1. The molecule has 1 N–H and O–H groups in total. The van der Waals surface area contributed by atoms with Gasteiger partial charge < -0.3 is 5.32 Å². The summed E-state index contributed by atoms with van der Waals surface area (Å²) >= 11 is 5.79. The fourth-order valence-corrected chi connectivity index (χ4v) is 2.75. The topological polar surface area (TPSA) is 91.8 Å². The summed E-state index contributed by atoms with van der Waals surface area (Å²) in [7, 11) is 0. The molecule has 0 aliphatic rings. The number of anilines is 2. The first-order valence-electron chi connectivity index (χ1n) is 7.11. The number of hydrogen-bond acceptors (Lipinski definition) is 5. The standard InChI is InChI=1S/C17H10ClFN4O2/c1-9-15(23(24)25)5-4-14-16(9)17(10(7-20)8-21-14)22-11-2-3-13(19)12(18)6-11/h2-6,8H,1H3,(H,21,22). The van der Waals surface area contributed by atoms with E-state index in [0.29, 0.717) is 27.8 Å². The zero-order chi connectivity index (χ0) is 18.1. The monoisotopic (exact) mass is 356 g/mol. The van der Waals surface area contributed by atoms with Gasteiger partial charge in [-0.15, -0.1) is 0 Å². The largest absolute Gasteiger partial charge is 0.354 e. The number of nitriles is 1. The van der Waals surface area contributed by atoms with Crippen molar-refractivity contribution >= 4 is 39.6 Å². The quantitative estimate of drug-likeness (QED) is 0.534. The van der Waals surface area contributed by atoms with Gasteiger partial charge in [-0.2, -0.15) is 5.26 Å². The van der Waals surface area contributed by atoms with E-state index in [9.17, 15) is 19.8 Å². The van der Waals surface area contributed by atoms with Crippen LogP contribution in [0.4, 0.5) is 21.5 Å². The number of nitro groups is 1. The van der Waals surface area contributed by atoms with E-state index < -0.39 is 10.7 Å². The number of fused-ring (bicyclic) bond motifs is 1. The zero-order valence-corrected chi connectivity index (χ0v) is 13.6. The molecule has 2 aromatic carbocycles. The fourth-order valence-electron chi connectivity index (χ4n) is 2.57. The molecule has 1 heterocycles. The summed E-state index contributed by atoms with van der Waals surface area (Å²) in [5, 5.41) is 24.0. The van der Waals surface area contributed by atoms with Crippen molar-refractivity contribution in [3.8, 4) is 6.07 Å². The summed E-state index contributed by atoms with van der Waals surface area (Å²) in [6, 6.07) is 8.92. The van der Waals surface area contributed by atoms with Gasteiger partial charge in [0.1, 0.15) is 11.9 Å². The van der Waals surface area contributed by atoms with E-state index in [1.54, 1.807) is 6.92 Å². The van der Waals surface area contributed by atoms with Gasteiger partial charge >= 0.3 is 0 Å². The molecule has 0 fully saturated rings. The van der Waals surface area contributed by atoms with Gasteiger partial charge in [0.05, 0.1) is 26.7 Å². The van der Waals surface area contributed by atoms with Crippen LogP contribution in [-0.4, -0.2) is 9.91 Å². The lowest BCUT2D eigenvalue weighted by Gasteiger charge is -2.13. The van der Waals surface area contributed by atoms with E-state index in [0.717, 1.165) is 0 Å². The highest BCUT2D eigenvalue weighted by Crippen LogP contribution is 2.35. The lowest BCUT2D eigenvalue weighted by molar-refractivity contribution is -0.385. The molecule has 0 saturated carbocycles. The first kappa shape index (κ1) is 16.6. The third-order valence-electron chi connectivity index (χ3n) is 3.77. The Hall–Kier alpha value is -3.24. The number of pyridine rings is 1. The maximum Gasteiger partial charge on any atom is 0.273 e. The van der Waals surface area contributed by atoms with E-state index in [4.69, 9.17) is 11.6 Å². The van der Waals surface area contributed by atoms with Gasteiger partial charge in [-0.25, -0.2) is 4.39 Å². The number of nitrogens with one attached hydrogen (secondary N) is 1. The molecule has 1 aromatic heterocycles. The molecule has 25 heavy (non-hydrogen) atoms. The Labute approximate surface area is 146 Å². The lowest BCUT2D eigenvalue weighted by atomic mass is 10.0. The number of hydrogen-bond donors (Lipinski definition) is 1. The third kappa shape index (κ3) is 2.95. The molecule has 0 aliphatic heterocycles. The number of nitro benzene ring substituents is 1. The first-order chi connectivity index (χ1) is 11.9. The van der Waals surface area contributed by atoms with Gasteiger partial charge in [-0.05, 0) is 31.2 Å². The number of halogens is 2. The summed E-state index contributed by atoms with van der Waals surface area (Å²) in [6.45, 7) is 1.59. The van der Waals surface area contributed by atoms with Gasteiger partial charge in [0, 0.05) is 28.9 Å². The molecule has 6 nitrogen and oxygen atoms in total. The second kappa shape index (κ2) is 6.34. The van der Waals surface area contributed by atoms with Gasteiger partial charge in [0.2, 0.25) is 0 Å². The van der Waals surface area contributed by atoms with Crippen LogP contribution in [0.1, 0.15) is 11.1 Å². The Morgan fingerprint density at radius 1 is 1.36 bits per heavy atom. The lowest BCUT2D eigenvalue weighted by Crippen LogP contribution is -2.00. The summed E-state index contributed by atoms with van der Waals surface area (Å²) in [5.41, 5.74) is 1.81. The van der Waals surface area contributed by atoms with E-state index in [-0.39, 0.29) is 16.3 Å². The zero-order valence-electron chi connectivity index (χ0n) is 12.9. The predicted octanol–water partition coefficient (Wildman–Crippen LogP) is 4.86. The maximum absolute atomic E-state index is 13.3. The molecular weight excluding hydrogens is 347 g/mol. The Kier molecular flexibility index (Phi) is 4.21. The summed E-state index contributed by atoms with van der Waals surface area (Å²) in [5.74, 6) is -0.570. The molecule has 124 valence electrons. The van der Waals surface area contributed by atoms with Gasteiger partial charge in [-0.3, -0.25) is 15.1 Å². The number of nitrogens with zero attached hydrogens (tertiary/aromatic N) is 3. The normalized spacial score (nSPS) is 10.5. The maximum atomic E-state index is 13.3. The highest BCUT2D eigenvalue weighted by Gasteiger charge is 2.19. The molecule has 0 atom stereocenters. The second-order valence-corrected chi connectivity index (χ2v) is 5.68. The van der Waals surface area contributed by atoms with Crippen molar-refractivity contribution in [3.05, 3.63) is 68.6 Å². The minimum absolute atomic E-state index is 0.0791. The molecule has 3 aromatic rings. The predicted molar refractivity (Wildman–Crippen MR) is 92.5 cm³/mol. The van der Waals surface area contributed by atoms with Crippen LogP contribution in [-0.2, 0) is 0 Å². The minimum Gasteiger partial charge on any atom is -0.354 e. The average molecular weight is 357 g/mol. The third-order valence-corrected chi connectivity index (χ3v) is 4.06. The van der Waals surface area contributed by atoms with Crippen LogP contribution in [0, 0.1) is 34.2 Å². The Morgan fingerprint density at radius 3 is 2.76 bits per heavy atom. The Morgan fingerprint density at radius 2 is 2.12 bits per heavy atom. The van der Waals surface area contributed by atoms with E-state index in [1.165, 1.54) is 36.5 Å². The SMILES string of the molecule is Cc1c([N+](=O)[O-])ccc2ncc(C#N)c(Nc3ccc(F)c(Cl)c3)c12. The molecular formula is C17H10ClFN4O2. The van der Waals surface area contributed by atoms with Crippen LogP contribution in [0.2, 0.25) is 5.02 Å². The molecule has 8 heteroatoms. The van der Waals surface area contributed by atoms with Gasteiger partial charge in [0.15, 0.2) is 0 Å². The average Bonchev–Trinajstić information content (AvgIpc) is 2.58. The van der Waals surface area contributed by atoms with Crippen molar-refractivity contribution in [2.24, 2.45) is 0 Å². The molecule has 0 radical (unpaired) electrons. The number of rotatable bonds is 3. The molecule has 0 bridgehead atoms. The smallest absolute Gasteiger partial charge is 0.273 e. The molecule has 3 rings (SSSR count). The molecule has 0 spiro atoms. The van der Waals surface area contributed by atoms with Crippen LogP contribution >= 0.6 is 11.6 Å². The summed E-state index contributed by atoms with van der Waals surface area (Å²) in [6.07, 6.45) is 1.38. The van der Waals surface area contributed by atoms with Crippen LogP contribution in [0.5, 0.6) is 0 Å². The first-order valence-corrected chi connectivity index (χ1v) is 7.49. The minimum atomic E-state index is -0.570. The molecule has 0 saturated heterocycles.